The SMILES string of the molecule is Cc1nc(N)sc1S(=O)(=O)N1CCC(N2CCCCC2)C1. The third kappa shape index (κ3) is 2.94. The van der Waals surface area contributed by atoms with Gasteiger partial charge in [0.25, 0.3) is 10.0 Å². The normalized spacial score (nSPS) is 25.5. The number of nitrogen functional groups attached to an aromatic ring is 1. The molecule has 2 aliphatic heterocycles. The fourth-order valence-electron chi connectivity index (χ4n) is 3.27. The molecule has 1 unspecified atom stereocenters. The Morgan fingerprint density at radius 3 is 2.57 bits per heavy atom. The van der Waals surface area contributed by atoms with E-state index in [2.05, 4.69) is 9.88 Å². The molecule has 1 atom stereocenters. The highest BCUT2D eigenvalue weighted by atomic mass is 32.2. The van der Waals surface area contributed by atoms with Crippen LogP contribution >= 0.6 is 11.3 Å². The summed E-state index contributed by atoms with van der Waals surface area (Å²) in [5.41, 5.74) is 6.15. The molecule has 2 fully saturated rings. The number of nitrogens with two attached hydrogens (primary N) is 1. The molecule has 0 radical (unpaired) electrons. The van der Waals surface area contributed by atoms with Crippen LogP contribution in [0.2, 0.25) is 0 Å². The van der Waals surface area contributed by atoms with Gasteiger partial charge < -0.3 is 5.73 Å². The molecule has 0 spiro atoms. The minimum absolute atomic E-state index is 0.305. The van der Waals surface area contributed by atoms with Crippen molar-refractivity contribution in [2.75, 3.05) is 31.9 Å². The highest BCUT2D eigenvalue weighted by molar-refractivity contribution is 7.91. The van der Waals surface area contributed by atoms with Crippen LogP contribution in [0.25, 0.3) is 0 Å². The number of hydrogen-bond acceptors (Lipinski definition) is 6. The van der Waals surface area contributed by atoms with Crippen LogP contribution in [0.5, 0.6) is 0 Å². The van der Waals surface area contributed by atoms with Gasteiger partial charge >= 0.3 is 0 Å². The first-order chi connectivity index (χ1) is 9.98. The van der Waals surface area contributed by atoms with Gasteiger partial charge in [0.05, 0.1) is 5.69 Å². The number of sulfonamides is 1. The molecule has 0 amide bonds. The van der Waals surface area contributed by atoms with Gasteiger partial charge in [-0.2, -0.15) is 4.31 Å². The van der Waals surface area contributed by atoms with Crippen molar-refractivity contribution in [2.45, 2.75) is 42.9 Å². The lowest BCUT2D eigenvalue weighted by atomic mass is 10.1. The monoisotopic (exact) mass is 330 g/mol. The van der Waals surface area contributed by atoms with Crippen LogP contribution < -0.4 is 5.73 Å². The summed E-state index contributed by atoms with van der Waals surface area (Å²) in [6.45, 7) is 5.11. The average molecular weight is 330 g/mol. The number of aryl methyl sites for hydroxylation is 1. The summed E-state index contributed by atoms with van der Waals surface area (Å²) in [7, 11) is -3.44. The van der Waals surface area contributed by atoms with Gasteiger partial charge in [0.1, 0.15) is 0 Å². The number of anilines is 1. The van der Waals surface area contributed by atoms with Gasteiger partial charge in [-0.25, -0.2) is 13.4 Å². The van der Waals surface area contributed by atoms with Crippen LogP contribution in [0.4, 0.5) is 5.13 Å². The molecule has 0 bridgehead atoms. The van der Waals surface area contributed by atoms with E-state index < -0.39 is 10.0 Å². The van der Waals surface area contributed by atoms with Gasteiger partial charge in [0, 0.05) is 19.1 Å². The molecule has 21 heavy (non-hydrogen) atoms. The number of hydrogen-bond donors (Lipinski definition) is 1. The predicted octanol–water partition coefficient (Wildman–Crippen LogP) is 1.28. The van der Waals surface area contributed by atoms with Crippen LogP contribution in [0.3, 0.4) is 0 Å². The fourth-order valence-corrected chi connectivity index (χ4v) is 6.20. The van der Waals surface area contributed by atoms with E-state index in [1.54, 1.807) is 11.2 Å². The first-order valence-electron chi connectivity index (χ1n) is 7.45. The van der Waals surface area contributed by atoms with Crippen LogP contribution in [-0.2, 0) is 10.0 Å². The lowest BCUT2D eigenvalue weighted by molar-refractivity contribution is 0.169. The average Bonchev–Trinajstić information content (AvgIpc) is 3.07. The first-order valence-corrected chi connectivity index (χ1v) is 9.71. The molecule has 1 aromatic heterocycles. The van der Waals surface area contributed by atoms with Crippen molar-refractivity contribution in [2.24, 2.45) is 0 Å². The third-order valence-electron chi connectivity index (χ3n) is 4.38. The largest absolute Gasteiger partial charge is 0.375 e. The number of piperidine rings is 1. The van der Waals surface area contributed by atoms with E-state index in [9.17, 15) is 8.42 Å². The number of likely N-dealkylation sites (tertiary alicyclic amines) is 1. The number of aromatic nitrogens is 1. The maximum absolute atomic E-state index is 12.7. The van der Waals surface area contributed by atoms with Gasteiger partial charge in [-0.05, 0) is 39.3 Å². The van der Waals surface area contributed by atoms with Crippen molar-refractivity contribution in [1.82, 2.24) is 14.2 Å². The van der Waals surface area contributed by atoms with Crippen molar-refractivity contribution in [3.63, 3.8) is 0 Å². The number of rotatable bonds is 3. The Kier molecular flexibility index (Phi) is 4.22. The van der Waals surface area contributed by atoms with Crippen molar-refractivity contribution in [1.29, 1.82) is 0 Å². The summed E-state index contributed by atoms with van der Waals surface area (Å²) in [4.78, 5) is 6.49. The maximum atomic E-state index is 12.7. The van der Waals surface area contributed by atoms with E-state index in [1.807, 2.05) is 0 Å². The summed E-state index contributed by atoms with van der Waals surface area (Å²) < 4.78 is 27.3. The van der Waals surface area contributed by atoms with Gasteiger partial charge in [-0.1, -0.05) is 17.8 Å². The molecule has 0 saturated carbocycles. The summed E-state index contributed by atoms with van der Waals surface area (Å²) in [6.07, 6.45) is 4.68. The Balaban J connectivity index is 1.74. The van der Waals surface area contributed by atoms with Gasteiger partial charge in [-0.15, -0.1) is 0 Å². The molecule has 2 saturated heterocycles. The summed E-state index contributed by atoms with van der Waals surface area (Å²) in [5.74, 6) is 0. The quantitative estimate of drug-likeness (QED) is 0.903. The predicted molar refractivity (Wildman–Crippen MR) is 83.9 cm³/mol. The van der Waals surface area contributed by atoms with Crippen LogP contribution in [0, 0.1) is 6.92 Å². The van der Waals surface area contributed by atoms with Gasteiger partial charge in [-0.3, -0.25) is 4.90 Å². The first kappa shape index (κ1) is 15.2. The highest BCUT2D eigenvalue weighted by Crippen LogP contribution is 2.31. The van der Waals surface area contributed by atoms with Crippen LogP contribution in [0.1, 0.15) is 31.4 Å². The molecule has 2 aliphatic rings. The minimum Gasteiger partial charge on any atom is -0.375 e. The topological polar surface area (TPSA) is 79.5 Å². The van der Waals surface area contributed by atoms with Gasteiger partial charge in [0.2, 0.25) is 0 Å². The van der Waals surface area contributed by atoms with E-state index in [0.29, 0.717) is 34.2 Å². The molecule has 0 aliphatic carbocycles. The molecular weight excluding hydrogens is 308 g/mol. The van der Waals surface area contributed by atoms with E-state index >= 15 is 0 Å². The summed E-state index contributed by atoms with van der Waals surface area (Å²) >= 11 is 1.07. The zero-order valence-electron chi connectivity index (χ0n) is 12.3. The molecule has 3 heterocycles. The van der Waals surface area contributed by atoms with Crippen molar-refractivity contribution >= 4 is 26.5 Å². The van der Waals surface area contributed by atoms with E-state index in [-0.39, 0.29) is 0 Å². The third-order valence-corrected chi connectivity index (χ3v) is 7.82. The zero-order chi connectivity index (χ0) is 15.0. The Morgan fingerprint density at radius 2 is 1.95 bits per heavy atom. The standard InChI is InChI=1S/C13H22N4O2S2/c1-10-12(20-13(14)15-10)21(18,19)17-8-5-11(9-17)16-6-3-2-4-7-16/h11H,2-9H2,1H3,(H2,14,15). The number of nitrogens with zero attached hydrogens (tertiary/aromatic N) is 3. The Labute approximate surface area is 130 Å². The van der Waals surface area contributed by atoms with E-state index in [4.69, 9.17) is 5.73 Å². The molecule has 1 aromatic rings. The summed E-state index contributed by atoms with van der Waals surface area (Å²) in [6, 6.07) is 0.366. The van der Waals surface area contributed by atoms with Crippen molar-refractivity contribution in [3.05, 3.63) is 5.69 Å². The summed E-state index contributed by atoms with van der Waals surface area (Å²) in [5, 5.41) is 0.317. The second-order valence-electron chi connectivity index (χ2n) is 5.83. The maximum Gasteiger partial charge on any atom is 0.254 e. The molecule has 2 N–H and O–H groups in total. The molecular formula is C13H22N4O2S2. The fraction of sp³-hybridized carbons (Fsp3) is 0.769. The van der Waals surface area contributed by atoms with E-state index in [0.717, 1.165) is 30.8 Å². The van der Waals surface area contributed by atoms with Gasteiger partial charge in [0.15, 0.2) is 9.34 Å². The Bertz CT molecular complexity index is 608. The molecule has 8 heteroatoms. The van der Waals surface area contributed by atoms with Crippen LogP contribution in [0.15, 0.2) is 4.21 Å². The minimum atomic E-state index is -3.44. The van der Waals surface area contributed by atoms with E-state index in [1.165, 1.54) is 19.3 Å². The Hall–Kier alpha value is -0.700. The second kappa shape index (κ2) is 5.83. The molecule has 3 rings (SSSR count). The smallest absolute Gasteiger partial charge is 0.254 e. The number of thiazole rings is 1. The lowest BCUT2D eigenvalue weighted by Gasteiger charge is -2.32. The van der Waals surface area contributed by atoms with Crippen molar-refractivity contribution in [3.8, 4) is 0 Å². The molecule has 6 nitrogen and oxygen atoms in total. The second-order valence-corrected chi connectivity index (χ2v) is 8.99. The van der Waals surface area contributed by atoms with Crippen LogP contribution in [-0.4, -0.2) is 54.8 Å². The highest BCUT2D eigenvalue weighted by Gasteiger charge is 2.37. The van der Waals surface area contributed by atoms with Crippen molar-refractivity contribution < 1.29 is 8.42 Å². The zero-order valence-corrected chi connectivity index (χ0v) is 13.9. The lowest BCUT2D eigenvalue weighted by Crippen LogP contribution is -2.41. The molecule has 118 valence electrons. The molecule has 0 aromatic carbocycles. The Morgan fingerprint density at radius 1 is 1.24 bits per heavy atom.